The van der Waals surface area contributed by atoms with Gasteiger partial charge in [0.1, 0.15) is 22.3 Å². The second kappa shape index (κ2) is 11.4. The van der Waals surface area contributed by atoms with Crippen LogP contribution in [0.2, 0.25) is 0 Å². The fraction of sp³-hybridized carbons (Fsp3) is 0. The Kier molecular flexibility index (Phi) is 6.42. The van der Waals surface area contributed by atoms with Crippen molar-refractivity contribution in [3.63, 3.8) is 0 Å². The number of fused-ring (bicyclic) bond motifs is 6. The number of rotatable bonds is 5. The Hall–Kier alpha value is -6.85. The van der Waals surface area contributed by atoms with Gasteiger partial charge in [-0.05, 0) is 64.7 Å². The predicted molar refractivity (Wildman–Crippen MR) is 202 cm³/mol. The van der Waals surface area contributed by atoms with Crippen LogP contribution in [-0.4, -0.2) is 15.0 Å². The molecule has 0 aliphatic carbocycles. The van der Waals surface area contributed by atoms with Gasteiger partial charge < -0.3 is 8.83 Å². The van der Waals surface area contributed by atoms with Crippen LogP contribution in [0.1, 0.15) is 0 Å². The molecule has 10 aromatic rings. The zero-order chi connectivity index (χ0) is 33.0. The lowest BCUT2D eigenvalue weighted by molar-refractivity contribution is 0.669. The minimum Gasteiger partial charge on any atom is -0.456 e. The highest BCUT2D eigenvalue weighted by Crippen LogP contribution is 2.38. The van der Waals surface area contributed by atoms with E-state index in [9.17, 15) is 0 Å². The Balaban J connectivity index is 1.11. The normalized spacial score (nSPS) is 11.6. The molecule has 234 valence electrons. The van der Waals surface area contributed by atoms with Gasteiger partial charge in [-0.1, -0.05) is 121 Å². The van der Waals surface area contributed by atoms with Gasteiger partial charge >= 0.3 is 0 Å². The summed E-state index contributed by atoms with van der Waals surface area (Å²) in [6.07, 6.45) is 0. The van der Waals surface area contributed by atoms with Crippen LogP contribution in [0.3, 0.4) is 0 Å². The molecule has 0 radical (unpaired) electrons. The summed E-state index contributed by atoms with van der Waals surface area (Å²) in [5, 5.41) is 4.13. The topological polar surface area (TPSA) is 65.0 Å². The summed E-state index contributed by atoms with van der Waals surface area (Å²) >= 11 is 0. The highest BCUT2D eigenvalue weighted by atomic mass is 16.3. The van der Waals surface area contributed by atoms with Crippen LogP contribution in [0.15, 0.2) is 173 Å². The molecule has 50 heavy (non-hydrogen) atoms. The van der Waals surface area contributed by atoms with Gasteiger partial charge in [0, 0.05) is 32.7 Å². The second-order valence-electron chi connectivity index (χ2n) is 12.4. The van der Waals surface area contributed by atoms with E-state index in [0.29, 0.717) is 17.5 Å². The molecule has 0 saturated carbocycles. The lowest BCUT2D eigenvalue weighted by Crippen LogP contribution is -2.00. The van der Waals surface area contributed by atoms with E-state index in [1.807, 2.05) is 78.9 Å². The molecular weight excluding hydrogens is 615 g/mol. The standard InChI is InChI=1S/C45H27N3O2/c1-3-10-28(11-4-1)29-18-20-30(21-19-29)32-22-24-40-37(26-32)38-27-33(23-25-41(38)49-40)44-46-43(31-12-5-2-6-13-31)47-45(48-44)36-16-9-15-35-34-14-7-8-17-39(34)50-42(35)36/h1-27H. The molecule has 7 aromatic carbocycles. The van der Waals surface area contributed by atoms with Gasteiger partial charge in [-0.3, -0.25) is 0 Å². The highest BCUT2D eigenvalue weighted by molar-refractivity contribution is 6.09. The summed E-state index contributed by atoms with van der Waals surface area (Å²) in [4.78, 5) is 15.1. The number of hydrogen-bond acceptors (Lipinski definition) is 5. The zero-order valence-corrected chi connectivity index (χ0v) is 26.7. The van der Waals surface area contributed by atoms with Crippen LogP contribution >= 0.6 is 0 Å². The molecule has 0 saturated heterocycles. The van der Waals surface area contributed by atoms with Crippen LogP contribution in [0.5, 0.6) is 0 Å². The third kappa shape index (κ3) is 4.75. The van der Waals surface area contributed by atoms with Gasteiger partial charge in [0.15, 0.2) is 17.5 Å². The first-order chi connectivity index (χ1) is 24.7. The summed E-state index contributed by atoms with van der Waals surface area (Å²) < 4.78 is 12.7. The number of nitrogens with zero attached hydrogens (tertiary/aromatic N) is 3. The van der Waals surface area contributed by atoms with Gasteiger partial charge in [0.2, 0.25) is 0 Å². The summed E-state index contributed by atoms with van der Waals surface area (Å²) in [7, 11) is 0. The lowest BCUT2D eigenvalue weighted by atomic mass is 9.99. The second-order valence-corrected chi connectivity index (χ2v) is 12.4. The molecule has 5 heteroatoms. The number of hydrogen-bond donors (Lipinski definition) is 0. The lowest BCUT2D eigenvalue weighted by Gasteiger charge is -2.09. The highest BCUT2D eigenvalue weighted by Gasteiger charge is 2.18. The Morgan fingerprint density at radius 3 is 1.54 bits per heavy atom. The number of furan rings is 2. The number of benzene rings is 7. The van der Waals surface area contributed by atoms with E-state index in [0.717, 1.165) is 71.7 Å². The molecule has 0 fully saturated rings. The third-order valence-electron chi connectivity index (χ3n) is 9.37. The van der Waals surface area contributed by atoms with Crippen LogP contribution in [-0.2, 0) is 0 Å². The Morgan fingerprint density at radius 1 is 0.300 bits per heavy atom. The van der Waals surface area contributed by atoms with Crippen molar-refractivity contribution < 1.29 is 8.83 Å². The molecule has 0 spiro atoms. The first kappa shape index (κ1) is 28.2. The van der Waals surface area contributed by atoms with Crippen LogP contribution < -0.4 is 0 Å². The largest absolute Gasteiger partial charge is 0.456 e. The molecular formula is C45H27N3O2. The predicted octanol–water partition coefficient (Wildman–Crippen LogP) is 12.0. The van der Waals surface area contributed by atoms with Crippen LogP contribution in [0.25, 0.3) is 100 Å². The van der Waals surface area contributed by atoms with Crippen molar-refractivity contribution in [2.75, 3.05) is 0 Å². The van der Waals surface area contributed by atoms with Gasteiger partial charge in [0.05, 0.1) is 5.56 Å². The van der Waals surface area contributed by atoms with Crippen LogP contribution in [0.4, 0.5) is 0 Å². The quantitative estimate of drug-likeness (QED) is 0.187. The molecule has 3 heterocycles. The molecule has 3 aromatic heterocycles. The minimum atomic E-state index is 0.553. The Labute approximate surface area is 287 Å². The Bertz CT molecular complexity index is 2850. The first-order valence-corrected chi connectivity index (χ1v) is 16.6. The molecule has 0 aliphatic heterocycles. The SMILES string of the molecule is c1ccc(-c2ccc(-c3ccc4oc5ccc(-c6nc(-c7ccccc7)nc(-c7cccc8c7oc7ccccc78)n6)cc5c4c3)cc2)cc1. The smallest absolute Gasteiger partial charge is 0.167 e. The van der Waals surface area contributed by atoms with Crippen molar-refractivity contribution >= 4 is 43.9 Å². The van der Waals surface area contributed by atoms with E-state index < -0.39 is 0 Å². The Morgan fingerprint density at radius 2 is 0.800 bits per heavy atom. The molecule has 0 N–H and O–H groups in total. The van der Waals surface area contributed by atoms with Gasteiger partial charge in [0.25, 0.3) is 0 Å². The van der Waals surface area contributed by atoms with Crippen molar-refractivity contribution in [2.24, 2.45) is 0 Å². The van der Waals surface area contributed by atoms with Crippen molar-refractivity contribution in [3.05, 3.63) is 164 Å². The molecule has 0 unspecified atom stereocenters. The fourth-order valence-electron chi connectivity index (χ4n) is 6.85. The van der Waals surface area contributed by atoms with E-state index in [1.54, 1.807) is 0 Å². The molecule has 10 rings (SSSR count). The van der Waals surface area contributed by atoms with E-state index in [4.69, 9.17) is 23.8 Å². The van der Waals surface area contributed by atoms with Crippen molar-refractivity contribution in [1.29, 1.82) is 0 Å². The maximum atomic E-state index is 6.39. The molecule has 5 nitrogen and oxygen atoms in total. The van der Waals surface area contributed by atoms with Gasteiger partial charge in [-0.2, -0.15) is 0 Å². The van der Waals surface area contributed by atoms with E-state index in [2.05, 4.69) is 84.9 Å². The molecule has 0 bridgehead atoms. The molecule has 0 amide bonds. The maximum Gasteiger partial charge on any atom is 0.167 e. The monoisotopic (exact) mass is 641 g/mol. The van der Waals surface area contributed by atoms with Crippen molar-refractivity contribution in [2.45, 2.75) is 0 Å². The summed E-state index contributed by atoms with van der Waals surface area (Å²) in [6, 6.07) is 55.9. The fourth-order valence-corrected chi connectivity index (χ4v) is 6.85. The first-order valence-electron chi connectivity index (χ1n) is 16.6. The maximum absolute atomic E-state index is 6.39. The van der Waals surface area contributed by atoms with Gasteiger partial charge in [-0.15, -0.1) is 0 Å². The summed E-state index contributed by atoms with van der Waals surface area (Å²) in [6.45, 7) is 0. The zero-order valence-electron chi connectivity index (χ0n) is 26.7. The van der Waals surface area contributed by atoms with Crippen molar-refractivity contribution in [1.82, 2.24) is 15.0 Å². The van der Waals surface area contributed by atoms with Crippen LogP contribution in [0, 0.1) is 0 Å². The number of para-hydroxylation sites is 2. The summed E-state index contributed by atoms with van der Waals surface area (Å²) in [5.41, 5.74) is 10.5. The third-order valence-corrected chi connectivity index (χ3v) is 9.37. The van der Waals surface area contributed by atoms with Gasteiger partial charge in [-0.25, -0.2) is 15.0 Å². The number of aromatic nitrogens is 3. The average Bonchev–Trinajstić information content (AvgIpc) is 3.76. The molecule has 0 aliphatic rings. The van der Waals surface area contributed by atoms with E-state index in [1.165, 1.54) is 11.1 Å². The average molecular weight is 642 g/mol. The van der Waals surface area contributed by atoms with Crippen molar-refractivity contribution in [3.8, 4) is 56.4 Å². The minimum absolute atomic E-state index is 0.553. The molecule has 0 atom stereocenters. The van der Waals surface area contributed by atoms with E-state index >= 15 is 0 Å². The summed E-state index contributed by atoms with van der Waals surface area (Å²) in [5.74, 6) is 1.72. The van der Waals surface area contributed by atoms with E-state index in [-0.39, 0.29) is 0 Å².